The Morgan fingerprint density at radius 1 is 0.429 bits per heavy atom. The highest BCUT2D eigenvalue weighted by Gasteiger charge is 2.36. The van der Waals surface area contributed by atoms with Gasteiger partial charge in [-0.1, -0.05) is 166 Å². The first-order chi connectivity index (χ1) is 27.5. The van der Waals surface area contributed by atoms with E-state index in [1.165, 1.54) is 64.3 Å². The summed E-state index contributed by atoms with van der Waals surface area (Å²) < 4.78 is 2.62. The van der Waals surface area contributed by atoms with Crippen LogP contribution in [0, 0.1) is 0 Å². The van der Waals surface area contributed by atoms with Gasteiger partial charge in [-0.3, -0.25) is 0 Å². The van der Waals surface area contributed by atoms with Crippen molar-refractivity contribution in [3.63, 3.8) is 0 Å². The summed E-state index contributed by atoms with van der Waals surface area (Å²) in [6, 6.07) is 65.9. The Kier molecular flexibility index (Phi) is 7.42. The normalized spacial score (nSPS) is 13.0. The molecule has 1 aliphatic carbocycles. The van der Waals surface area contributed by atoms with E-state index in [2.05, 4.69) is 190 Å². The number of thiophene rings is 1. The second kappa shape index (κ2) is 12.7. The highest BCUT2D eigenvalue weighted by Crippen LogP contribution is 2.52. The second-order valence-electron chi connectivity index (χ2n) is 15.3. The average Bonchev–Trinajstić information content (AvgIpc) is 3.76. The van der Waals surface area contributed by atoms with Crippen molar-refractivity contribution >= 4 is 42.3 Å². The fraction of sp³-hybridized carbons (Fsp3) is 0.0566. The van der Waals surface area contributed by atoms with E-state index in [4.69, 9.17) is 9.97 Å². The van der Waals surface area contributed by atoms with Gasteiger partial charge in [0.25, 0.3) is 0 Å². The molecule has 11 rings (SSSR count). The fourth-order valence-corrected chi connectivity index (χ4v) is 10.2. The van der Waals surface area contributed by atoms with Crippen LogP contribution in [-0.4, -0.2) is 9.97 Å². The number of benzene rings is 8. The number of rotatable bonds is 5. The van der Waals surface area contributed by atoms with E-state index >= 15 is 0 Å². The van der Waals surface area contributed by atoms with Crippen molar-refractivity contribution in [3.8, 4) is 67.3 Å². The van der Waals surface area contributed by atoms with E-state index in [1.54, 1.807) is 0 Å². The summed E-state index contributed by atoms with van der Waals surface area (Å²) in [7, 11) is 0. The number of aromatic nitrogens is 2. The van der Waals surface area contributed by atoms with Crippen molar-refractivity contribution in [2.45, 2.75) is 19.3 Å². The summed E-state index contributed by atoms with van der Waals surface area (Å²) in [5, 5.41) is 5.16. The van der Waals surface area contributed by atoms with Crippen molar-refractivity contribution < 1.29 is 0 Å². The van der Waals surface area contributed by atoms with Crippen molar-refractivity contribution in [2.75, 3.05) is 0 Å². The molecule has 264 valence electrons. The maximum atomic E-state index is 5.36. The molecular weight excluding hydrogens is 697 g/mol. The molecular formula is C53H36N2S. The zero-order chi connectivity index (χ0) is 37.4. The van der Waals surface area contributed by atoms with Crippen LogP contribution in [-0.2, 0) is 5.41 Å². The summed E-state index contributed by atoms with van der Waals surface area (Å²) in [5.74, 6) is 0.714. The lowest BCUT2D eigenvalue weighted by atomic mass is 9.82. The maximum absolute atomic E-state index is 5.36. The first-order valence-corrected chi connectivity index (χ1v) is 20.1. The zero-order valence-corrected chi connectivity index (χ0v) is 31.9. The Bertz CT molecular complexity index is 3160. The third-order valence-corrected chi connectivity index (χ3v) is 12.9. The molecule has 0 radical (unpaired) electrons. The Labute approximate surface area is 330 Å². The molecule has 0 spiro atoms. The molecule has 56 heavy (non-hydrogen) atoms. The summed E-state index contributed by atoms with van der Waals surface area (Å²) in [5.41, 5.74) is 14.8. The standard InChI is InChI=1S/C53H36N2S/c1-53(2)44-24-12-11-21-41(44)49-42(23-13-25-45(49)53)47-32-46(54-52(55-47)35-18-7-4-8-19-35)38-30-36(33-15-5-3-6-16-33)29-37(31-38)39-22-14-26-48-50(39)43-28-27-34-17-9-10-20-40(34)51(43)56-48/h3-32H,1-2H3. The average molecular weight is 733 g/mol. The fourth-order valence-electron chi connectivity index (χ4n) is 8.94. The maximum Gasteiger partial charge on any atom is 0.160 e. The Hall–Kier alpha value is -6.68. The molecule has 8 aromatic carbocycles. The van der Waals surface area contributed by atoms with Crippen molar-refractivity contribution in [3.05, 3.63) is 193 Å². The van der Waals surface area contributed by atoms with Gasteiger partial charge in [-0.15, -0.1) is 11.3 Å². The van der Waals surface area contributed by atoms with Crippen molar-refractivity contribution in [1.29, 1.82) is 0 Å². The van der Waals surface area contributed by atoms with Crippen LogP contribution in [0.3, 0.4) is 0 Å². The minimum Gasteiger partial charge on any atom is -0.228 e. The van der Waals surface area contributed by atoms with Gasteiger partial charge in [-0.25, -0.2) is 9.97 Å². The highest BCUT2D eigenvalue weighted by molar-refractivity contribution is 7.26. The molecule has 0 unspecified atom stereocenters. The van der Waals surface area contributed by atoms with Crippen LogP contribution in [0.5, 0.6) is 0 Å². The van der Waals surface area contributed by atoms with Gasteiger partial charge in [0.1, 0.15) is 0 Å². The number of nitrogens with zero attached hydrogens (tertiary/aromatic N) is 2. The van der Waals surface area contributed by atoms with Crippen LogP contribution < -0.4 is 0 Å². The predicted octanol–water partition coefficient (Wildman–Crippen LogP) is 14.6. The summed E-state index contributed by atoms with van der Waals surface area (Å²) in [6.45, 7) is 4.66. The van der Waals surface area contributed by atoms with Gasteiger partial charge < -0.3 is 0 Å². The molecule has 0 bridgehead atoms. The minimum atomic E-state index is -0.113. The van der Waals surface area contributed by atoms with Crippen LogP contribution in [0.4, 0.5) is 0 Å². The predicted molar refractivity (Wildman–Crippen MR) is 237 cm³/mol. The molecule has 0 aliphatic heterocycles. The lowest BCUT2D eigenvalue weighted by molar-refractivity contribution is 0.660. The van der Waals surface area contributed by atoms with Crippen LogP contribution >= 0.6 is 11.3 Å². The Morgan fingerprint density at radius 3 is 1.93 bits per heavy atom. The molecule has 0 amide bonds. The first-order valence-electron chi connectivity index (χ1n) is 19.2. The minimum absolute atomic E-state index is 0.113. The molecule has 1 aliphatic rings. The van der Waals surface area contributed by atoms with Gasteiger partial charge in [0.2, 0.25) is 0 Å². The third-order valence-electron chi connectivity index (χ3n) is 11.7. The summed E-state index contributed by atoms with van der Waals surface area (Å²) in [6.07, 6.45) is 0. The van der Waals surface area contributed by atoms with Crippen molar-refractivity contribution in [1.82, 2.24) is 9.97 Å². The summed E-state index contributed by atoms with van der Waals surface area (Å²) in [4.78, 5) is 10.7. The van der Waals surface area contributed by atoms with E-state index in [0.29, 0.717) is 5.82 Å². The van der Waals surface area contributed by atoms with Crippen LogP contribution in [0.1, 0.15) is 25.0 Å². The molecule has 10 aromatic rings. The summed E-state index contributed by atoms with van der Waals surface area (Å²) >= 11 is 1.88. The van der Waals surface area contributed by atoms with Gasteiger partial charge >= 0.3 is 0 Å². The van der Waals surface area contributed by atoms with Crippen LogP contribution in [0.25, 0.3) is 98.2 Å². The van der Waals surface area contributed by atoms with Crippen molar-refractivity contribution in [2.24, 2.45) is 0 Å². The van der Waals surface area contributed by atoms with E-state index in [-0.39, 0.29) is 5.41 Å². The lowest BCUT2D eigenvalue weighted by Gasteiger charge is -2.21. The van der Waals surface area contributed by atoms with Crippen LogP contribution in [0.15, 0.2) is 182 Å². The largest absolute Gasteiger partial charge is 0.228 e. The van der Waals surface area contributed by atoms with Gasteiger partial charge in [-0.2, -0.15) is 0 Å². The number of fused-ring (bicyclic) bond motifs is 8. The van der Waals surface area contributed by atoms with E-state index in [1.807, 2.05) is 17.4 Å². The molecule has 2 aromatic heterocycles. The van der Waals surface area contributed by atoms with Gasteiger partial charge in [0.15, 0.2) is 5.82 Å². The first kappa shape index (κ1) is 32.7. The topological polar surface area (TPSA) is 25.8 Å². The van der Waals surface area contributed by atoms with Gasteiger partial charge in [0.05, 0.1) is 11.4 Å². The smallest absolute Gasteiger partial charge is 0.160 e. The number of hydrogen-bond acceptors (Lipinski definition) is 3. The Balaban J connectivity index is 1.17. The van der Waals surface area contributed by atoms with E-state index < -0.39 is 0 Å². The molecule has 0 saturated heterocycles. The van der Waals surface area contributed by atoms with Gasteiger partial charge in [-0.05, 0) is 85.6 Å². The quantitative estimate of drug-likeness (QED) is 0.176. The van der Waals surface area contributed by atoms with Crippen LogP contribution in [0.2, 0.25) is 0 Å². The lowest BCUT2D eigenvalue weighted by Crippen LogP contribution is -2.14. The van der Waals surface area contributed by atoms with E-state index in [0.717, 1.165) is 39.2 Å². The monoisotopic (exact) mass is 732 g/mol. The third kappa shape index (κ3) is 5.16. The van der Waals surface area contributed by atoms with Gasteiger partial charge in [0, 0.05) is 42.3 Å². The molecule has 2 nitrogen and oxygen atoms in total. The molecule has 0 fully saturated rings. The SMILES string of the molecule is CC1(C)c2ccccc2-c2c(-c3cc(-c4cc(-c5ccccc5)cc(-c5cccc6sc7c8ccccc8ccc7c56)c4)nc(-c4ccccc4)n3)cccc21. The molecule has 0 atom stereocenters. The Morgan fingerprint density at radius 2 is 1.07 bits per heavy atom. The molecule has 2 heterocycles. The van der Waals surface area contributed by atoms with E-state index in [9.17, 15) is 0 Å². The second-order valence-corrected chi connectivity index (χ2v) is 16.4. The highest BCUT2D eigenvalue weighted by atomic mass is 32.1. The zero-order valence-electron chi connectivity index (χ0n) is 31.1. The molecule has 0 saturated carbocycles. The molecule has 0 N–H and O–H groups in total. The number of hydrogen-bond donors (Lipinski definition) is 0. The molecule has 3 heteroatoms.